The van der Waals surface area contributed by atoms with E-state index in [1.807, 2.05) is 0 Å². The fraction of sp³-hybridized carbons (Fsp3) is 0.125. The van der Waals surface area contributed by atoms with Crippen LogP contribution in [0.5, 0.6) is 0 Å². The van der Waals surface area contributed by atoms with Gasteiger partial charge >= 0.3 is 0 Å². The third-order valence-electron chi connectivity index (χ3n) is 1.19. The Bertz CT molecular complexity index is 215. The molecular weight excluding hydrogens is 131 g/mol. The summed E-state index contributed by atoms with van der Waals surface area (Å²) >= 11 is 0. The molecule has 51 valence electrons. The lowest BCUT2D eigenvalue weighted by atomic mass is 10.2. The Hall–Kier alpha value is -1.18. The molecule has 0 aromatic heterocycles. The van der Waals surface area contributed by atoms with Crippen LogP contribution in [0.15, 0.2) is 24.3 Å². The highest BCUT2D eigenvalue weighted by atomic mass is 19.1. The minimum Gasteiger partial charge on any atom is -0.291 e. The Morgan fingerprint density at radius 3 is 2.40 bits per heavy atom. The van der Waals surface area contributed by atoms with E-state index in [4.69, 9.17) is 0 Å². The normalized spacial score (nSPS) is 9.30. The molecule has 1 radical (unpaired) electrons. The van der Waals surface area contributed by atoms with Gasteiger partial charge in [-0.25, -0.2) is 4.39 Å². The molecule has 1 aromatic rings. The summed E-state index contributed by atoms with van der Waals surface area (Å²) in [5.41, 5.74) is 0.788. The summed E-state index contributed by atoms with van der Waals surface area (Å²) in [4.78, 5) is 9.84. The molecule has 1 rings (SSSR count). The lowest BCUT2D eigenvalue weighted by molar-refractivity contribution is 0.555. The van der Waals surface area contributed by atoms with Gasteiger partial charge in [-0.2, -0.15) is 0 Å². The van der Waals surface area contributed by atoms with E-state index in [1.165, 1.54) is 12.1 Å². The second-order valence-corrected chi connectivity index (χ2v) is 1.95. The van der Waals surface area contributed by atoms with Crippen LogP contribution in [0.3, 0.4) is 0 Å². The number of rotatable bonds is 2. The second kappa shape index (κ2) is 3.11. The van der Waals surface area contributed by atoms with Crippen LogP contribution in [-0.2, 0) is 11.2 Å². The quantitative estimate of drug-likeness (QED) is 0.603. The van der Waals surface area contributed by atoms with Gasteiger partial charge in [0.15, 0.2) is 0 Å². The van der Waals surface area contributed by atoms with Crippen molar-refractivity contribution in [1.82, 2.24) is 0 Å². The maximum Gasteiger partial charge on any atom is 0.203 e. The van der Waals surface area contributed by atoms with Crippen molar-refractivity contribution < 1.29 is 9.18 Å². The molecular formula is C8H6FO. The predicted octanol–water partition coefficient (Wildman–Crippen LogP) is 1.48. The average Bonchev–Trinajstić information content (AvgIpc) is 1.95. The van der Waals surface area contributed by atoms with Crippen molar-refractivity contribution in [2.75, 3.05) is 0 Å². The van der Waals surface area contributed by atoms with Crippen molar-refractivity contribution in [3.8, 4) is 0 Å². The third kappa shape index (κ3) is 1.65. The first-order valence-electron chi connectivity index (χ1n) is 2.92. The van der Waals surface area contributed by atoms with Crippen LogP contribution in [0.25, 0.3) is 0 Å². The summed E-state index contributed by atoms with van der Waals surface area (Å²) < 4.78 is 12.2. The average molecular weight is 137 g/mol. The standard InChI is InChI=1S/C8H6FO/c9-8-3-1-7(2-4-8)5-6-10/h1-4H,5H2. The first kappa shape index (κ1) is 6.93. The SMILES string of the molecule is O=[C]Cc1ccc(F)cc1. The second-order valence-electron chi connectivity index (χ2n) is 1.95. The van der Waals surface area contributed by atoms with E-state index < -0.39 is 0 Å². The van der Waals surface area contributed by atoms with Crippen LogP contribution in [0.2, 0.25) is 0 Å². The molecule has 0 unspecified atom stereocenters. The van der Waals surface area contributed by atoms with Gasteiger partial charge in [-0.1, -0.05) is 12.1 Å². The van der Waals surface area contributed by atoms with Crippen molar-refractivity contribution in [2.24, 2.45) is 0 Å². The molecule has 0 aliphatic heterocycles. The minimum absolute atomic E-state index is 0.236. The third-order valence-corrected chi connectivity index (χ3v) is 1.19. The number of hydrogen-bond acceptors (Lipinski definition) is 1. The number of halogens is 1. The highest BCUT2D eigenvalue weighted by Crippen LogP contribution is 2.01. The van der Waals surface area contributed by atoms with Crippen LogP contribution in [0.1, 0.15) is 5.56 Å². The highest BCUT2D eigenvalue weighted by molar-refractivity contribution is 5.55. The summed E-state index contributed by atoms with van der Waals surface area (Å²) in [5.74, 6) is -0.283. The van der Waals surface area contributed by atoms with E-state index in [2.05, 4.69) is 0 Å². The van der Waals surface area contributed by atoms with E-state index in [1.54, 1.807) is 18.4 Å². The molecule has 0 heterocycles. The summed E-state index contributed by atoms with van der Waals surface area (Å²) in [6, 6.07) is 5.79. The maximum absolute atomic E-state index is 12.2. The summed E-state index contributed by atoms with van der Waals surface area (Å²) in [6.07, 6.45) is 1.97. The minimum atomic E-state index is -0.283. The van der Waals surface area contributed by atoms with Crippen LogP contribution in [-0.4, -0.2) is 6.29 Å². The number of carbonyl (C=O) groups excluding carboxylic acids is 1. The van der Waals surface area contributed by atoms with Crippen molar-refractivity contribution in [1.29, 1.82) is 0 Å². The molecule has 0 aliphatic carbocycles. The Morgan fingerprint density at radius 2 is 1.90 bits per heavy atom. The molecule has 0 amide bonds. The van der Waals surface area contributed by atoms with Crippen LogP contribution in [0, 0.1) is 5.82 Å². The van der Waals surface area contributed by atoms with Crippen LogP contribution in [0.4, 0.5) is 4.39 Å². The van der Waals surface area contributed by atoms with Gasteiger partial charge in [0, 0.05) is 6.42 Å². The van der Waals surface area contributed by atoms with Crippen molar-refractivity contribution in [3.63, 3.8) is 0 Å². The zero-order valence-electron chi connectivity index (χ0n) is 5.30. The topological polar surface area (TPSA) is 17.1 Å². The molecule has 10 heavy (non-hydrogen) atoms. The van der Waals surface area contributed by atoms with E-state index in [0.29, 0.717) is 0 Å². The molecule has 0 N–H and O–H groups in total. The Labute approximate surface area is 58.5 Å². The van der Waals surface area contributed by atoms with Crippen molar-refractivity contribution >= 4 is 6.29 Å². The van der Waals surface area contributed by atoms with Crippen molar-refractivity contribution in [3.05, 3.63) is 35.6 Å². The zero-order chi connectivity index (χ0) is 7.40. The van der Waals surface area contributed by atoms with Gasteiger partial charge in [-0.15, -0.1) is 0 Å². The zero-order valence-corrected chi connectivity index (χ0v) is 5.30. The fourth-order valence-electron chi connectivity index (χ4n) is 0.686. The van der Waals surface area contributed by atoms with E-state index in [-0.39, 0.29) is 12.2 Å². The maximum atomic E-state index is 12.2. The smallest absolute Gasteiger partial charge is 0.203 e. The van der Waals surface area contributed by atoms with Gasteiger partial charge in [0.25, 0.3) is 0 Å². The molecule has 1 aromatic carbocycles. The largest absolute Gasteiger partial charge is 0.291 e. The Morgan fingerprint density at radius 1 is 1.30 bits per heavy atom. The summed E-state index contributed by atoms with van der Waals surface area (Å²) in [5, 5.41) is 0. The Kier molecular flexibility index (Phi) is 2.15. The van der Waals surface area contributed by atoms with Crippen LogP contribution >= 0.6 is 0 Å². The molecule has 2 heteroatoms. The summed E-state index contributed by atoms with van der Waals surface area (Å²) in [7, 11) is 0. The van der Waals surface area contributed by atoms with E-state index in [9.17, 15) is 9.18 Å². The fourth-order valence-corrected chi connectivity index (χ4v) is 0.686. The van der Waals surface area contributed by atoms with Gasteiger partial charge in [0.1, 0.15) is 5.82 Å². The molecule has 0 saturated carbocycles. The Balaban J connectivity index is 2.78. The lowest BCUT2D eigenvalue weighted by Crippen LogP contribution is -1.84. The van der Waals surface area contributed by atoms with E-state index in [0.717, 1.165) is 5.56 Å². The molecule has 0 fully saturated rings. The van der Waals surface area contributed by atoms with Gasteiger partial charge < -0.3 is 0 Å². The van der Waals surface area contributed by atoms with Gasteiger partial charge in [-0.05, 0) is 17.7 Å². The van der Waals surface area contributed by atoms with E-state index >= 15 is 0 Å². The van der Waals surface area contributed by atoms with Gasteiger partial charge in [-0.3, -0.25) is 4.79 Å². The summed E-state index contributed by atoms with van der Waals surface area (Å²) in [6.45, 7) is 0. The molecule has 0 atom stereocenters. The lowest BCUT2D eigenvalue weighted by Gasteiger charge is -1.91. The highest BCUT2D eigenvalue weighted by Gasteiger charge is 1.91. The monoisotopic (exact) mass is 137 g/mol. The molecule has 0 aliphatic rings. The van der Waals surface area contributed by atoms with Crippen LogP contribution < -0.4 is 0 Å². The number of hydrogen-bond donors (Lipinski definition) is 0. The van der Waals surface area contributed by atoms with Gasteiger partial charge in [0.2, 0.25) is 6.29 Å². The first-order chi connectivity index (χ1) is 4.83. The molecule has 1 nitrogen and oxygen atoms in total. The molecule has 0 bridgehead atoms. The first-order valence-corrected chi connectivity index (χ1v) is 2.92. The molecule has 0 spiro atoms. The van der Waals surface area contributed by atoms with Crippen molar-refractivity contribution in [2.45, 2.75) is 6.42 Å². The van der Waals surface area contributed by atoms with Gasteiger partial charge in [0.05, 0.1) is 0 Å². The predicted molar refractivity (Wildman–Crippen MR) is 35.8 cm³/mol. The number of benzene rings is 1. The molecule has 0 saturated heterocycles.